The summed E-state index contributed by atoms with van der Waals surface area (Å²) in [7, 11) is 0. The summed E-state index contributed by atoms with van der Waals surface area (Å²) in [6.45, 7) is 8.95. The number of nitrogens with zero attached hydrogens (tertiary/aromatic N) is 1. The van der Waals surface area contributed by atoms with Crippen molar-refractivity contribution in [3.8, 4) is 0 Å². The molecule has 32 heavy (non-hydrogen) atoms. The highest BCUT2D eigenvalue weighted by Gasteiger charge is 2.34. The first-order chi connectivity index (χ1) is 14.8. The summed E-state index contributed by atoms with van der Waals surface area (Å²) < 4.78 is 5.29. The Morgan fingerprint density at radius 3 is 2.16 bits per heavy atom. The number of carboxylic acids is 1. The van der Waals surface area contributed by atoms with Crippen molar-refractivity contribution in [2.75, 3.05) is 26.2 Å². The highest BCUT2D eigenvalue weighted by atomic mass is 16.6. The van der Waals surface area contributed by atoms with E-state index in [-0.39, 0.29) is 30.2 Å². The van der Waals surface area contributed by atoms with Crippen molar-refractivity contribution >= 4 is 29.8 Å². The molecule has 0 unspecified atom stereocenters. The van der Waals surface area contributed by atoms with Gasteiger partial charge in [-0.25, -0.2) is 4.79 Å². The van der Waals surface area contributed by atoms with Gasteiger partial charge >= 0.3 is 12.1 Å². The molecule has 182 valence electrons. The fourth-order valence-corrected chi connectivity index (χ4v) is 3.22. The number of hydrogen-bond acceptors (Lipinski definition) is 6. The zero-order valence-electron chi connectivity index (χ0n) is 19.5. The van der Waals surface area contributed by atoms with Crippen molar-refractivity contribution in [2.24, 2.45) is 11.8 Å². The van der Waals surface area contributed by atoms with E-state index in [2.05, 4.69) is 16.0 Å². The van der Waals surface area contributed by atoms with E-state index >= 15 is 0 Å². The van der Waals surface area contributed by atoms with Crippen LogP contribution in [0.1, 0.15) is 53.9 Å². The van der Waals surface area contributed by atoms with Gasteiger partial charge in [0.15, 0.2) is 0 Å². The molecular weight excluding hydrogens is 420 g/mol. The van der Waals surface area contributed by atoms with Crippen molar-refractivity contribution in [2.45, 2.75) is 65.5 Å². The van der Waals surface area contributed by atoms with E-state index in [0.29, 0.717) is 32.4 Å². The molecule has 0 spiro atoms. The Morgan fingerprint density at radius 2 is 1.66 bits per heavy atom. The van der Waals surface area contributed by atoms with Crippen LogP contribution in [0.4, 0.5) is 4.79 Å². The number of carboxylic acid groups (broad SMARTS) is 1. The molecule has 1 aliphatic rings. The number of aliphatic carboxylic acids is 1. The number of carbonyl (C=O) groups is 5. The minimum absolute atomic E-state index is 0.0969. The molecule has 0 saturated carbocycles. The lowest BCUT2D eigenvalue weighted by atomic mass is 9.93. The van der Waals surface area contributed by atoms with E-state index in [9.17, 15) is 24.0 Å². The van der Waals surface area contributed by atoms with Gasteiger partial charge in [0.25, 0.3) is 0 Å². The number of amides is 4. The Morgan fingerprint density at radius 1 is 1.06 bits per heavy atom. The van der Waals surface area contributed by atoms with Gasteiger partial charge in [0.1, 0.15) is 18.2 Å². The first-order valence-corrected chi connectivity index (χ1v) is 10.9. The first kappa shape index (κ1) is 27.2. The van der Waals surface area contributed by atoms with Gasteiger partial charge in [-0.05, 0) is 39.5 Å². The van der Waals surface area contributed by atoms with Gasteiger partial charge in [0.2, 0.25) is 17.7 Å². The zero-order valence-corrected chi connectivity index (χ0v) is 19.5. The molecule has 1 saturated heterocycles. The third-order valence-corrected chi connectivity index (χ3v) is 5.19. The van der Waals surface area contributed by atoms with E-state index < -0.39 is 36.2 Å². The maximum Gasteiger partial charge on any atom is 0.408 e. The highest BCUT2D eigenvalue weighted by molar-refractivity contribution is 5.88. The van der Waals surface area contributed by atoms with E-state index in [1.807, 2.05) is 13.8 Å². The van der Waals surface area contributed by atoms with E-state index in [4.69, 9.17) is 9.84 Å². The summed E-state index contributed by atoms with van der Waals surface area (Å²) >= 11 is 0. The molecule has 11 heteroatoms. The average molecular weight is 457 g/mol. The molecule has 4 N–H and O–H groups in total. The summed E-state index contributed by atoms with van der Waals surface area (Å²) in [5, 5.41) is 15.9. The lowest BCUT2D eigenvalue weighted by molar-refractivity contribution is -0.139. The number of carbonyl (C=O) groups excluding carboxylic acids is 4. The standard InChI is InChI=1S/C21H36N4O7/c1-6-13(2)17(24-20(31)32-21(3,4)5)19(30)25-9-7-14(8-10-25)18(29)23-11-15(26)22-12-16(27)28/h13-14,17H,6-12H2,1-5H3,(H,22,26)(H,23,29)(H,24,31)(H,27,28)/t13-,17+/m1/s1. The monoisotopic (exact) mass is 456 g/mol. The van der Waals surface area contributed by atoms with Gasteiger partial charge in [-0.2, -0.15) is 0 Å². The van der Waals surface area contributed by atoms with Crippen LogP contribution in [-0.2, 0) is 23.9 Å². The van der Waals surface area contributed by atoms with Crippen molar-refractivity contribution in [1.82, 2.24) is 20.9 Å². The molecule has 4 amide bonds. The SMILES string of the molecule is CC[C@@H](C)[C@H](NC(=O)OC(C)(C)C)C(=O)N1CCC(C(=O)NCC(=O)NCC(=O)O)CC1. The highest BCUT2D eigenvalue weighted by Crippen LogP contribution is 2.20. The molecule has 1 fully saturated rings. The Kier molecular flexibility index (Phi) is 10.4. The quantitative estimate of drug-likeness (QED) is 0.393. The molecule has 1 rings (SSSR count). The number of alkyl carbamates (subject to hydrolysis) is 1. The predicted octanol–water partition coefficient (Wildman–Crippen LogP) is 0.481. The van der Waals surface area contributed by atoms with Crippen LogP contribution in [0, 0.1) is 11.8 Å². The number of rotatable bonds is 9. The molecule has 0 aromatic heterocycles. The Bertz CT molecular complexity index is 697. The third kappa shape index (κ3) is 9.52. The molecule has 1 heterocycles. The molecule has 11 nitrogen and oxygen atoms in total. The van der Waals surface area contributed by atoms with E-state index in [0.717, 1.165) is 0 Å². The maximum absolute atomic E-state index is 13.1. The number of piperidine rings is 1. The largest absolute Gasteiger partial charge is 0.480 e. The van der Waals surface area contributed by atoms with Gasteiger partial charge in [-0.15, -0.1) is 0 Å². The number of likely N-dealkylation sites (tertiary alicyclic amines) is 1. The van der Waals surface area contributed by atoms with Gasteiger partial charge in [-0.3, -0.25) is 19.2 Å². The second kappa shape index (κ2) is 12.3. The average Bonchev–Trinajstić information content (AvgIpc) is 2.72. The topological polar surface area (TPSA) is 154 Å². The molecule has 0 aliphatic carbocycles. The van der Waals surface area contributed by atoms with Crippen LogP contribution in [0.2, 0.25) is 0 Å². The second-order valence-electron chi connectivity index (χ2n) is 9.00. The fraction of sp³-hybridized carbons (Fsp3) is 0.762. The van der Waals surface area contributed by atoms with Crippen molar-refractivity contribution in [1.29, 1.82) is 0 Å². The van der Waals surface area contributed by atoms with Crippen LogP contribution in [0.5, 0.6) is 0 Å². The predicted molar refractivity (Wildman–Crippen MR) is 116 cm³/mol. The maximum atomic E-state index is 13.1. The molecule has 2 atom stereocenters. The van der Waals surface area contributed by atoms with Crippen LogP contribution < -0.4 is 16.0 Å². The lowest BCUT2D eigenvalue weighted by Crippen LogP contribution is -2.54. The summed E-state index contributed by atoms with van der Waals surface area (Å²) in [4.78, 5) is 61.2. The Hall–Kier alpha value is -2.85. The number of ether oxygens (including phenoxy) is 1. The molecule has 0 radical (unpaired) electrons. The van der Waals surface area contributed by atoms with Crippen molar-refractivity contribution in [3.05, 3.63) is 0 Å². The first-order valence-electron chi connectivity index (χ1n) is 10.9. The molecule has 0 aromatic rings. The third-order valence-electron chi connectivity index (χ3n) is 5.19. The van der Waals surface area contributed by atoms with Gasteiger partial charge in [0, 0.05) is 19.0 Å². The second-order valence-corrected chi connectivity index (χ2v) is 9.00. The number of nitrogens with one attached hydrogen (secondary N) is 3. The van der Waals surface area contributed by atoms with Gasteiger partial charge in [-0.1, -0.05) is 20.3 Å². The molecule has 0 aromatic carbocycles. The summed E-state index contributed by atoms with van der Waals surface area (Å²) in [5.74, 6) is -2.73. The van der Waals surface area contributed by atoms with Gasteiger partial charge < -0.3 is 30.7 Å². The van der Waals surface area contributed by atoms with Crippen LogP contribution in [0.15, 0.2) is 0 Å². The van der Waals surface area contributed by atoms with Gasteiger partial charge in [0.05, 0.1) is 6.54 Å². The normalized spacial score (nSPS) is 16.5. The van der Waals surface area contributed by atoms with Crippen LogP contribution in [-0.4, -0.2) is 77.6 Å². The van der Waals surface area contributed by atoms with Crippen LogP contribution in [0.25, 0.3) is 0 Å². The summed E-state index contributed by atoms with van der Waals surface area (Å²) in [6.07, 6.45) is 0.892. The van der Waals surface area contributed by atoms with Crippen molar-refractivity contribution < 1.29 is 33.8 Å². The van der Waals surface area contributed by atoms with Crippen molar-refractivity contribution in [3.63, 3.8) is 0 Å². The minimum Gasteiger partial charge on any atom is -0.480 e. The smallest absolute Gasteiger partial charge is 0.408 e. The summed E-state index contributed by atoms with van der Waals surface area (Å²) in [5.41, 5.74) is -0.677. The minimum atomic E-state index is -1.17. The van der Waals surface area contributed by atoms with E-state index in [1.165, 1.54) is 0 Å². The lowest BCUT2D eigenvalue weighted by Gasteiger charge is -2.35. The molecular formula is C21H36N4O7. The van der Waals surface area contributed by atoms with Crippen LogP contribution in [0.3, 0.4) is 0 Å². The molecule has 1 aliphatic heterocycles. The molecule has 0 bridgehead atoms. The Labute approximate surface area is 188 Å². The Balaban J connectivity index is 2.58. The number of hydrogen-bond donors (Lipinski definition) is 4. The van der Waals surface area contributed by atoms with Crippen LogP contribution >= 0.6 is 0 Å². The van der Waals surface area contributed by atoms with E-state index in [1.54, 1.807) is 25.7 Å². The fourth-order valence-electron chi connectivity index (χ4n) is 3.22. The summed E-state index contributed by atoms with van der Waals surface area (Å²) in [6, 6.07) is -0.724. The zero-order chi connectivity index (χ0) is 24.5.